The zero-order valence-electron chi connectivity index (χ0n) is 6.93. The van der Waals surface area contributed by atoms with Gasteiger partial charge in [-0.3, -0.25) is 0 Å². The van der Waals surface area contributed by atoms with Crippen molar-refractivity contribution in [3.63, 3.8) is 0 Å². The number of aryl methyl sites for hydroxylation is 1. The maximum atomic E-state index is 10.7. The van der Waals surface area contributed by atoms with E-state index in [9.17, 15) is 4.79 Å². The van der Waals surface area contributed by atoms with Gasteiger partial charge < -0.3 is 8.83 Å². The molecule has 0 atom stereocenters. The molecular formula is C8H11BrO3. The molecule has 0 aromatic carbocycles. The molecule has 0 saturated heterocycles. The van der Waals surface area contributed by atoms with Gasteiger partial charge in [-0.1, -0.05) is 29.3 Å². The van der Waals surface area contributed by atoms with Crippen molar-refractivity contribution in [2.75, 3.05) is 0 Å². The molecule has 0 fully saturated rings. The van der Waals surface area contributed by atoms with E-state index < -0.39 is 5.82 Å². The highest BCUT2D eigenvalue weighted by molar-refractivity contribution is 9.08. The molecule has 0 saturated carbocycles. The van der Waals surface area contributed by atoms with Gasteiger partial charge in [0.2, 0.25) is 0 Å². The minimum Gasteiger partial charge on any atom is -0.396 e. The van der Waals surface area contributed by atoms with Crippen LogP contribution in [0.5, 0.6) is 0 Å². The second kappa shape index (κ2) is 4.50. The first-order valence-electron chi connectivity index (χ1n) is 3.95. The molecule has 0 spiro atoms. The van der Waals surface area contributed by atoms with Crippen molar-refractivity contribution >= 4 is 15.9 Å². The molecule has 0 radical (unpaired) electrons. The van der Waals surface area contributed by atoms with Crippen molar-refractivity contribution in [2.45, 2.75) is 31.5 Å². The molecule has 0 aliphatic carbocycles. The fourth-order valence-corrected chi connectivity index (χ4v) is 1.39. The predicted octanol–water partition coefficient (Wildman–Crippen LogP) is 2.47. The molecule has 68 valence electrons. The minimum absolute atomic E-state index is 0.539. The fourth-order valence-electron chi connectivity index (χ4n) is 0.965. The summed E-state index contributed by atoms with van der Waals surface area (Å²) in [5.41, 5.74) is 0. The standard InChI is InChI=1S/C8H11BrO3/c1-2-3-4-6-7(5-9)12-8(10)11-6/h2-5H2,1H3. The molecule has 0 bridgehead atoms. The third kappa shape index (κ3) is 2.24. The van der Waals surface area contributed by atoms with Gasteiger partial charge in [0.1, 0.15) is 0 Å². The summed E-state index contributed by atoms with van der Waals surface area (Å²) in [5.74, 6) is 0.697. The van der Waals surface area contributed by atoms with Crippen molar-refractivity contribution in [3.8, 4) is 0 Å². The molecule has 1 aromatic rings. The molecule has 1 heterocycles. The van der Waals surface area contributed by atoms with Crippen LogP contribution in [-0.4, -0.2) is 0 Å². The first-order chi connectivity index (χ1) is 5.77. The van der Waals surface area contributed by atoms with Gasteiger partial charge in [0.25, 0.3) is 0 Å². The van der Waals surface area contributed by atoms with E-state index in [4.69, 9.17) is 8.83 Å². The average Bonchev–Trinajstić information content (AvgIpc) is 2.42. The molecule has 12 heavy (non-hydrogen) atoms. The second-order valence-corrected chi connectivity index (χ2v) is 3.10. The normalized spacial score (nSPS) is 10.5. The summed E-state index contributed by atoms with van der Waals surface area (Å²) in [6.45, 7) is 2.09. The van der Waals surface area contributed by atoms with Crippen molar-refractivity contribution in [2.24, 2.45) is 0 Å². The topological polar surface area (TPSA) is 43.4 Å². The Hall–Kier alpha value is -0.510. The van der Waals surface area contributed by atoms with Gasteiger partial charge in [0, 0.05) is 6.42 Å². The zero-order chi connectivity index (χ0) is 8.97. The third-order valence-corrected chi connectivity index (χ3v) is 2.11. The van der Waals surface area contributed by atoms with Gasteiger partial charge in [-0.05, 0) is 6.42 Å². The minimum atomic E-state index is -0.601. The van der Waals surface area contributed by atoms with Gasteiger partial charge in [-0.15, -0.1) is 0 Å². The van der Waals surface area contributed by atoms with Crippen LogP contribution in [0.25, 0.3) is 0 Å². The number of alkyl halides is 1. The maximum Gasteiger partial charge on any atom is 0.519 e. The summed E-state index contributed by atoms with van der Waals surface area (Å²) in [7, 11) is 0. The number of hydrogen-bond donors (Lipinski definition) is 0. The van der Waals surface area contributed by atoms with Gasteiger partial charge in [-0.2, -0.15) is 0 Å². The first-order valence-corrected chi connectivity index (χ1v) is 5.07. The monoisotopic (exact) mass is 234 g/mol. The number of rotatable bonds is 4. The molecule has 1 aromatic heterocycles. The molecule has 1 rings (SSSR count). The van der Waals surface area contributed by atoms with Crippen LogP contribution in [0.2, 0.25) is 0 Å². The maximum absolute atomic E-state index is 10.7. The van der Waals surface area contributed by atoms with Crippen LogP contribution in [0.15, 0.2) is 13.6 Å². The van der Waals surface area contributed by atoms with E-state index in [-0.39, 0.29) is 0 Å². The van der Waals surface area contributed by atoms with E-state index in [2.05, 4.69) is 22.9 Å². The average molecular weight is 235 g/mol. The van der Waals surface area contributed by atoms with Crippen LogP contribution in [0, 0.1) is 0 Å². The summed E-state index contributed by atoms with van der Waals surface area (Å²) in [5, 5.41) is 0.539. The zero-order valence-corrected chi connectivity index (χ0v) is 8.52. The van der Waals surface area contributed by atoms with Gasteiger partial charge in [-0.25, -0.2) is 4.79 Å². The van der Waals surface area contributed by atoms with Crippen LogP contribution >= 0.6 is 15.9 Å². The van der Waals surface area contributed by atoms with E-state index in [1.54, 1.807) is 0 Å². The highest BCUT2D eigenvalue weighted by Crippen LogP contribution is 2.13. The lowest BCUT2D eigenvalue weighted by molar-refractivity contribution is 0.367. The van der Waals surface area contributed by atoms with Crippen molar-refractivity contribution in [1.82, 2.24) is 0 Å². The SMILES string of the molecule is CCCCc1oc(=O)oc1CBr. The van der Waals surface area contributed by atoms with Crippen LogP contribution in [-0.2, 0) is 11.8 Å². The fraction of sp³-hybridized carbons (Fsp3) is 0.625. The summed E-state index contributed by atoms with van der Waals surface area (Å²) in [4.78, 5) is 10.7. The molecule has 0 N–H and O–H groups in total. The smallest absolute Gasteiger partial charge is 0.396 e. The van der Waals surface area contributed by atoms with E-state index in [0.717, 1.165) is 19.3 Å². The summed E-state index contributed by atoms with van der Waals surface area (Å²) < 4.78 is 9.65. The summed E-state index contributed by atoms with van der Waals surface area (Å²) in [6, 6.07) is 0. The molecule has 0 unspecified atom stereocenters. The van der Waals surface area contributed by atoms with Crippen LogP contribution in [0.3, 0.4) is 0 Å². The van der Waals surface area contributed by atoms with Gasteiger partial charge in [0.05, 0.1) is 5.33 Å². The van der Waals surface area contributed by atoms with Crippen LogP contribution in [0.4, 0.5) is 0 Å². The van der Waals surface area contributed by atoms with Crippen LogP contribution in [0.1, 0.15) is 31.3 Å². The molecule has 0 aliphatic heterocycles. The number of hydrogen-bond acceptors (Lipinski definition) is 3. The van der Waals surface area contributed by atoms with Crippen molar-refractivity contribution < 1.29 is 8.83 Å². The molecule has 0 aliphatic rings. The summed E-state index contributed by atoms with van der Waals surface area (Å²) >= 11 is 3.22. The highest BCUT2D eigenvalue weighted by atomic mass is 79.9. The molecule has 4 heteroatoms. The second-order valence-electron chi connectivity index (χ2n) is 2.54. The summed E-state index contributed by atoms with van der Waals surface area (Å²) in [6.07, 6.45) is 2.88. The van der Waals surface area contributed by atoms with Crippen molar-refractivity contribution in [1.29, 1.82) is 0 Å². The van der Waals surface area contributed by atoms with E-state index in [1.807, 2.05) is 0 Å². The quantitative estimate of drug-likeness (QED) is 0.753. The number of halogens is 1. The lowest BCUT2D eigenvalue weighted by Gasteiger charge is -1.93. The molecule has 0 amide bonds. The van der Waals surface area contributed by atoms with Gasteiger partial charge in [0.15, 0.2) is 11.5 Å². The first kappa shape index (κ1) is 9.58. The Balaban J connectivity index is 2.75. The van der Waals surface area contributed by atoms with Gasteiger partial charge >= 0.3 is 5.82 Å². The third-order valence-electron chi connectivity index (χ3n) is 1.60. The Morgan fingerprint density at radius 2 is 2.00 bits per heavy atom. The lowest BCUT2D eigenvalue weighted by atomic mass is 10.2. The Morgan fingerprint density at radius 1 is 1.33 bits per heavy atom. The largest absolute Gasteiger partial charge is 0.519 e. The Labute approximate surface area is 78.9 Å². The molecular weight excluding hydrogens is 224 g/mol. The Morgan fingerprint density at radius 3 is 2.58 bits per heavy atom. The number of unbranched alkanes of at least 4 members (excludes halogenated alkanes) is 1. The van der Waals surface area contributed by atoms with E-state index in [0.29, 0.717) is 16.9 Å². The van der Waals surface area contributed by atoms with E-state index in [1.165, 1.54) is 0 Å². The van der Waals surface area contributed by atoms with Crippen LogP contribution < -0.4 is 5.82 Å². The predicted molar refractivity (Wildman–Crippen MR) is 48.5 cm³/mol. The van der Waals surface area contributed by atoms with E-state index >= 15 is 0 Å². The lowest BCUT2D eigenvalue weighted by Crippen LogP contribution is -1.87. The Kier molecular flexibility index (Phi) is 3.59. The highest BCUT2D eigenvalue weighted by Gasteiger charge is 2.09. The molecule has 3 nitrogen and oxygen atoms in total. The van der Waals surface area contributed by atoms with Crippen molar-refractivity contribution in [3.05, 3.63) is 22.1 Å². The Bertz CT molecular complexity index is 287.